The van der Waals surface area contributed by atoms with E-state index in [0.717, 1.165) is 0 Å². The highest BCUT2D eigenvalue weighted by Crippen LogP contribution is 2.17. The lowest BCUT2D eigenvalue weighted by Gasteiger charge is -2.18. The molecule has 0 aromatic carbocycles. The molecule has 0 aliphatic carbocycles. The Hall–Kier alpha value is 0.500. The first-order valence-corrected chi connectivity index (χ1v) is 2.50. The van der Waals surface area contributed by atoms with Gasteiger partial charge in [-0.3, -0.25) is 5.21 Å². The Kier molecular flexibility index (Phi) is 2.33. The first kappa shape index (κ1) is 7.50. The maximum absolute atomic E-state index is 8.36. The lowest BCUT2D eigenvalue weighted by molar-refractivity contribution is -0.0392. The second-order valence-electron chi connectivity index (χ2n) is 1.67. The fraction of sp³-hybridized carbons (Fsp3) is 1.00. The van der Waals surface area contributed by atoms with Gasteiger partial charge in [0.15, 0.2) is 0 Å². The van der Waals surface area contributed by atoms with Gasteiger partial charge < -0.3 is 0 Å². The molecule has 0 radical (unpaired) electrons. The van der Waals surface area contributed by atoms with Crippen LogP contribution in [0.15, 0.2) is 0 Å². The highest BCUT2D eigenvalue weighted by molar-refractivity contribution is 6.26. The summed E-state index contributed by atoms with van der Waals surface area (Å²) in [6.45, 7) is 3.14. The van der Waals surface area contributed by atoms with Gasteiger partial charge in [-0.05, 0) is 13.8 Å². The van der Waals surface area contributed by atoms with Crippen molar-refractivity contribution in [2.24, 2.45) is 0 Å². The smallest absolute Gasteiger partial charge is 0.130 e. The van der Waals surface area contributed by atoms with Gasteiger partial charge in [-0.25, -0.2) is 0 Å². The zero-order valence-electron chi connectivity index (χ0n) is 4.15. The fourth-order valence-electron chi connectivity index (χ4n) is 0. The summed E-state index contributed by atoms with van der Waals surface area (Å²) in [5.74, 6) is 0. The van der Waals surface area contributed by atoms with E-state index in [1.807, 2.05) is 0 Å². The van der Waals surface area contributed by atoms with Crippen LogP contribution >= 0.6 is 23.4 Å². The molecule has 0 aliphatic heterocycles. The first-order valence-electron chi connectivity index (χ1n) is 1.78. The molecule has 0 saturated heterocycles. The summed E-state index contributed by atoms with van der Waals surface area (Å²) in [5.41, 5.74) is 0. The highest BCUT2D eigenvalue weighted by Gasteiger charge is 2.19. The van der Waals surface area contributed by atoms with Crippen molar-refractivity contribution in [3.63, 3.8) is 0 Å². The van der Waals surface area contributed by atoms with E-state index in [2.05, 4.69) is 0 Å². The van der Waals surface area contributed by atoms with Gasteiger partial charge in [0.1, 0.15) is 5.00 Å². The number of rotatable bonds is 1. The molecule has 4 heteroatoms. The van der Waals surface area contributed by atoms with Crippen molar-refractivity contribution in [3.05, 3.63) is 0 Å². The predicted octanol–water partition coefficient (Wildman–Crippen LogP) is 1.81. The van der Waals surface area contributed by atoms with Gasteiger partial charge in [0.25, 0.3) is 0 Å². The van der Waals surface area contributed by atoms with Gasteiger partial charge in [0.2, 0.25) is 0 Å². The molecule has 0 saturated carbocycles. The lowest BCUT2D eigenvalue weighted by atomic mass is 10.4. The minimum absolute atomic E-state index is 0.425. The largest absolute Gasteiger partial charge is 0.297 e. The molecular formula is C3H7Cl2NO. The van der Waals surface area contributed by atoms with E-state index in [-0.39, 0.29) is 0 Å². The van der Waals surface area contributed by atoms with Gasteiger partial charge >= 0.3 is 0 Å². The summed E-state index contributed by atoms with van der Waals surface area (Å²) in [6.07, 6.45) is 0. The van der Waals surface area contributed by atoms with E-state index < -0.39 is 5.00 Å². The maximum Gasteiger partial charge on any atom is 0.130 e. The van der Waals surface area contributed by atoms with Crippen molar-refractivity contribution in [1.29, 1.82) is 0 Å². The van der Waals surface area contributed by atoms with Crippen molar-refractivity contribution < 1.29 is 5.21 Å². The molecule has 0 heterocycles. The summed E-state index contributed by atoms with van der Waals surface area (Å²) in [6, 6.07) is 0. The Labute approximate surface area is 52.7 Å². The van der Waals surface area contributed by atoms with E-state index in [1.54, 1.807) is 13.8 Å². The third kappa shape index (κ3) is 3.12. The molecule has 44 valence electrons. The molecule has 0 rings (SSSR count). The topological polar surface area (TPSA) is 23.5 Å². The predicted molar refractivity (Wildman–Crippen MR) is 29.4 cm³/mol. The third-order valence-corrected chi connectivity index (χ3v) is 1.11. The zero-order chi connectivity index (χ0) is 6.08. The van der Waals surface area contributed by atoms with Crippen molar-refractivity contribution in [3.8, 4) is 0 Å². The molecule has 0 aromatic heterocycles. The van der Waals surface area contributed by atoms with Gasteiger partial charge in [-0.1, -0.05) is 16.2 Å². The van der Waals surface area contributed by atoms with Crippen molar-refractivity contribution in [2.45, 2.75) is 18.8 Å². The fourth-order valence-corrected chi connectivity index (χ4v) is 0. The van der Waals surface area contributed by atoms with Crippen molar-refractivity contribution in [1.82, 2.24) is 4.58 Å². The monoisotopic (exact) mass is 143 g/mol. The molecule has 1 N–H and O–H groups in total. The lowest BCUT2D eigenvalue weighted by Crippen LogP contribution is -2.27. The molecule has 0 aliphatic rings. The average Bonchev–Trinajstić information content (AvgIpc) is 1.31. The Balaban J connectivity index is 3.54. The summed E-state index contributed by atoms with van der Waals surface area (Å²) in [7, 11) is 0. The number of hydrogen-bond donors (Lipinski definition) is 1. The van der Waals surface area contributed by atoms with E-state index in [9.17, 15) is 0 Å². The van der Waals surface area contributed by atoms with E-state index >= 15 is 0 Å². The van der Waals surface area contributed by atoms with Crippen LogP contribution < -0.4 is 0 Å². The number of hydrogen-bond acceptors (Lipinski definition) is 2. The van der Waals surface area contributed by atoms with Crippen molar-refractivity contribution >= 4 is 23.4 Å². The first-order chi connectivity index (χ1) is 2.94. The Morgan fingerprint density at radius 1 is 1.57 bits per heavy atom. The number of hydroxylamine groups is 1. The van der Waals surface area contributed by atoms with Gasteiger partial charge in [-0.2, -0.15) is 0 Å². The highest BCUT2D eigenvalue weighted by atomic mass is 35.5. The molecule has 7 heavy (non-hydrogen) atoms. The molecule has 2 nitrogen and oxygen atoms in total. The van der Waals surface area contributed by atoms with Crippen LogP contribution in [-0.2, 0) is 0 Å². The van der Waals surface area contributed by atoms with Crippen molar-refractivity contribution in [2.75, 3.05) is 0 Å². The van der Waals surface area contributed by atoms with Crippen LogP contribution in [0.3, 0.4) is 0 Å². The van der Waals surface area contributed by atoms with Crippen LogP contribution in [0.25, 0.3) is 0 Å². The minimum atomic E-state index is -0.873. The van der Waals surface area contributed by atoms with Gasteiger partial charge in [0, 0.05) is 11.8 Å². The molecule has 0 aromatic rings. The molecule has 0 spiro atoms. The molecular weight excluding hydrogens is 137 g/mol. The molecule has 0 unspecified atom stereocenters. The second-order valence-corrected chi connectivity index (χ2v) is 2.91. The summed E-state index contributed by atoms with van der Waals surface area (Å²) >= 11 is 10.4. The van der Waals surface area contributed by atoms with Gasteiger partial charge in [0.05, 0.1) is 0 Å². The van der Waals surface area contributed by atoms with Crippen LogP contribution in [0.4, 0.5) is 0 Å². The van der Waals surface area contributed by atoms with E-state index in [0.29, 0.717) is 4.58 Å². The Morgan fingerprint density at radius 2 is 1.71 bits per heavy atom. The number of alkyl halides is 1. The van der Waals surface area contributed by atoms with E-state index in [4.69, 9.17) is 28.6 Å². The average molecular weight is 144 g/mol. The standard InChI is InChI=1S/C3H7Cl2NO/c1-3(2,4)6(5)7/h7H,1-2H3. The Morgan fingerprint density at radius 3 is 1.71 bits per heavy atom. The quantitative estimate of drug-likeness (QED) is 0.262. The second kappa shape index (κ2) is 2.18. The van der Waals surface area contributed by atoms with Crippen LogP contribution in [0.5, 0.6) is 0 Å². The maximum atomic E-state index is 8.36. The third-order valence-electron chi connectivity index (χ3n) is 0.439. The molecule has 0 atom stereocenters. The normalized spacial score (nSPS) is 12.9. The molecule has 0 fully saturated rings. The van der Waals surface area contributed by atoms with Crippen LogP contribution in [-0.4, -0.2) is 14.8 Å². The van der Waals surface area contributed by atoms with E-state index in [1.165, 1.54) is 0 Å². The van der Waals surface area contributed by atoms with Crippen LogP contribution in [0.1, 0.15) is 13.8 Å². The number of halogens is 2. The molecule has 0 bridgehead atoms. The van der Waals surface area contributed by atoms with Crippen LogP contribution in [0.2, 0.25) is 0 Å². The zero-order valence-corrected chi connectivity index (χ0v) is 5.66. The number of nitrogens with zero attached hydrogens (tertiary/aromatic N) is 1. The summed E-state index contributed by atoms with van der Waals surface area (Å²) in [4.78, 5) is -0.873. The van der Waals surface area contributed by atoms with Gasteiger partial charge in [-0.15, -0.1) is 0 Å². The van der Waals surface area contributed by atoms with Crippen LogP contribution in [0, 0.1) is 0 Å². The summed E-state index contributed by atoms with van der Waals surface area (Å²) < 4.78 is 0.425. The SMILES string of the molecule is CC(C)(Cl)N(O)Cl. The Bertz CT molecular complexity index is 58.4. The summed E-state index contributed by atoms with van der Waals surface area (Å²) in [5, 5.41) is 8.36. The molecule has 0 amide bonds. The minimum Gasteiger partial charge on any atom is -0.297 e.